The number of hydrogen-bond donors (Lipinski definition) is 0. The van der Waals surface area contributed by atoms with Crippen LogP contribution in [-0.4, -0.2) is 43.6 Å². The van der Waals surface area contributed by atoms with E-state index in [-0.39, 0.29) is 5.91 Å². The summed E-state index contributed by atoms with van der Waals surface area (Å²) in [5.41, 5.74) is 1.63. The molecule has 0 aromatic heterocycles. The van der Waals surface area contributed by atoms with Crippen molar-refractivity contribution in [1.82, 2.24) is 4.90 Å². The lowest BCUT2D eigenvalue weighted by atomic mass is 10.1. The zero-order valence-corrected chi connectivity index (χ0v) is 14.1. The highest BCUT2D eigenvalue weighted by Crippen LogP contribution is 2.21. The second-order valence-corrected chi connectivity index (χ2v) is 5.91. The van der Waals surface area contributed by atoms with Crippen LogP contribution >= 0.6 is 0 Å². The molecular weight excluding hydrogens is 314 g/mol. The van der Waals surface area contributed by atoms with Crippen LogP contribution in [0.5, 0.6) is 5.75 Å². The molecule has 0 spiro atoms. The number of anilines is 1. The van der Waals surface area contributed by atoms with Crippen molar-refractivity contribution in [2.75, 3.05) is 37.7 Å². The van der Waals surface area contributed by atoms with Crippen LogP contribution < -0.4 is 9.64 Å². The maximum atomic E-state index is 12.3. The van der Waals surface area contributed by atoms with E-state index in [0.717, 1.165) is 24.5 Å². The molecule has 0 bridgehead atoms. The predicted molar refractivity (Wildman–Crippen MR) is 96.5 cm³/mol. The highest BCUT2D eigenvalue weighted by Gasteiger charge is 2.22. The molecule has 1 amide bonds. The van der Waals surface area contributed by atoms with Gasteiger partial charge < -0.3 is 14.5 Å². The number of ether oxygens (including phenoxy) is 1. The molecule has 5 heteroatoms. The lowest BCUT2D eigenvalue weighted by molar-refractivity contribution is -0.132. The van der Waals surface area contributed by atoms with Gasteiger partial charge in [-0.05, 0) is 24.3 Å². The molecule has 1 fully saturated rings. The average molecular weight is 335 g/mol. The van der Waals surface area contributed by atoms with Gasteiger partial charge in [0.1, 0.15) is 11.8 Å². The zero-order valence-electron chi connectivity index (χ0n) is 14.1. The molecule has 128 valence electrons. The number of amides is 1. The number of nitrogens with zero attached hydrogens (tertiary/aromatic N) is 3. The van der Waals surface area contributed by atoms with Gasteiger partial charge in [-0.1, -0.05) is 30.3 Å². The van der Waals surface area contributed by atoms with Gasteiger partial charge in [0.15, 0.2) is 0 Å². The van der Waals surface area contributed by atoms with Crippen LogP contribution in [0.25, 0.3) is 0 Å². The molecule has 1 saturated heterocycles. The van der Waals surface area contributed by atoms with Crippen LogP contribution in [0.2, 0.25) is 0 Å². The number of rotatable bonds is 5. The van der Waals surface area contributed by atoms with Crippen LogP contribution in [0.3, 0.4) is 0 Å². The minimum absolute atomic E-state index is 0.115. The Bertz CT molecular complexity index is 747. The van der Waals surface area contributed by atoms with Crippen LogP contribution in [0.1, 0.15) is 12.0 Å². The molecule has 1 heterocycles. The SMILES string of the molecule is N#Cc1ccccc1N1CCN(C(=O)CCOc2ccccc2)CC1. The maximum absolute atomic E-state index is 12.3. The molecule has 0 unspecified atom stereocenters. The third-order valence-electron chi connectivity index (χ3n) is 4.33. The zero-order chi connectivity index (χ0) is 17.5. The molecular formula is C20H21N3O2. The fraction of sp³-hybridized carbons (Fsp3) is 0.300. The molecule has 3 rings (SSSR count). The van der Waals surface area contributed by atoms with Crippen LogP contribution in [-0.2, 0) is 4.79 Å². The molecule has 2 aromatic carbocycles. The number of carbonyl (C=O) groups excluding carboxylic acids is 1. The fourth-order valence-electron chi connectivity index (χ4n) is 2.97. The van der Waals surface area contributed by atoms with Crippen LogP contribution in [0.4, 0.5) is 5.69 Å². The topological polar surface area (TPSA) is 56.6 Å². The van der Waals surface area contributed by atoms with Crippen molar-refractivity contribution in [3.05, 3.63) is 60.2 Å². The van der Waals surface area contributed by atoms with E-state index >= 15 is 0 Å². The summed E-state index contributed by atoms with van der Waals surface area (Å²) in [7, 11) is 0. The number of benzene rings is 2. The monoisotopic (exact) mass is 335 g/mol. The van der Waals surface area contributed by atoms with E-state index in [9.17, 15) is 10.1 Å². The van der Waals surface area contributed by atoms with Gasteiger partial charge in [0, 0.05) is 26.2 Å². The Morgan fingerprint density at radius 1 is 1.00 bits per heavy atom. The first-order valence-corrected chi connectivity index (χ1v) is 8.47. The minimum atomic E-state index is 0.115. The van der Waals surface area contributed by atoms with Gasteiger partial charge in [-0.2, -0.15) is 5.26 Å². The van der Waals surface area contributed by atoms with E-state index in [1.807, 2.05) is 59.5 Å². The van der Waals surface area contributed by atoms with Crippen molar-refractivity contribution in [2.24, 2.45) is 0 Å². The number of hydrogen-bond acceptors (Lipinski definition) is 4. The highest BCUT2D eigenvalue weighted by molar-refractivity contribution is 5.76. The van der Waals surface area contributed by atoms with E-state index in [1.54, 1.807) is 0 Å². The normalized spacial score (nSPS) is 14.0. The van der Waals surface area contributed by atoms with Crippen molar-refractivity contribution >= 4 is 11.6 Å². The first-order chi connectivity index (χ1) is 12.3. The average Bonchev–Trinajstić information content (AvgIpc) is 2.69. The van der Waals surface area contributed by atoms with E-state index < -0.39 is 0 Å². The van der Waals surface area contributed by atoms with Crippen molar-refractivity contribution in [3.8, 4) is 11.8 Å². The summed E-state index contributed by atoms with van der Waals surface area (Å²) in [5.74, 6) is 0.900. The summed E-state index contributed by atoms with van der Waals surface area (Å²) in [4.78, 5) is 16.4. The van der Waals surface area contributed by atoms with Crippen molar-refractivity contribution in [1.29, 1.82) is 5.26 Å². The quantitative estimate of drug-likeness (QED) is 0.843. The van der Waals surface area contributed by atoms with Gasteiger partial charge in [0.2, 0.25) is 5.91 Å². The van der Waals surface area contributed by atoms with E-state index in [2.05, 4.69) is 11.0 Å². The van der Waals surface area contributed by atoms with E-state index in [4.69, 9.17) is 4.74 Å². The van der Waals surface area contributed by atoms with Crippen molar-refractivity contribution in [3.63, 3.8) is 0 Å². The number of para-hydroxylation sites is 2. The van der Waals surface area contributed by atoms with Crippen molar-refractivity contribution < 1.29 is 9.53 Å². The molecule has 0 saturated carbocycles. The summed E-state index contributed by atoms with van der Waals surface area (Å²) >= 11 is 0. The Morgan fingerprint density at radius 3 is 2.40 bits per heavy atom. The third kappa shape index (κ3) is 4.30. The standard InChI is InChI=1S/C20H21N3O2/c21-16-17-6-4-5-9-19(17)22-11-13-23(14-12-22)20(24)10-15-25-18-7-2-1-3-8-18/h1-9H,10-15H2. The molecule has 0 aliphatic carbocycles. The lowest BCUT2D eigenvalue weighted by Gasteiger charge is -2.36. The molecule has 0 radical (unpaired) electrons. The third-order valence-corrected chi connectivity index (χ3v) is 4.33. The lowest BCUT2D eigenvalue weighted by Crippen LogP contribution is -2.49. The minimum Gasteiger partial charge on any atom is -0.493 e. The van der Waals surface area contributed by atoms with Crippen LogP contribution in [0, 0.1) is 11.3 Å². The Labute approximate surface area is 148 Å². The molecule has 25 heavy (non-hydrogen) atoms. The maximum Gasteiger partial charge on any atom is 0.226 e. The highest BCUT2D eigenvalue weighted by atomic mass is 16.5. The molecule has 0 N–H and O–H groups in total. The number of piperazine rings is 1. The summed E-state index contributed by atoms with van der Waals surface area (Å²) < 4.78 is 5.59. The number of carbonyl (C=O) groups is 1. The second kappa shape index (κ2) is 8.20. The van der Waals surface area contributed by atoms with E-state index in [1.165, 1.54) is 0 Å². The molecule has 1 aliphatic rings. The smallest absolute Gasteiger partial charge is 0.226 e. The Hall–Kier alpha value is -3.00. The summed E-state index contributed by atoms with van der Waals surface area (Å²) in [5, 5.41) is 9.23. The Kier molecular flexibility index (Phi) is 5.53. The van der Waals surface area contributed by atoms with Gasteiger partial charge in [0.25, 0.3) is 0 Å². The Morgan fingerprint density at radius 2 is 1.68 bits per heavy atom. The van der Waals surface area contributed by atoms with Gasteiger partial charge in [0.05, 0.1) is 24.3 Å². The molecule has 5 nitrogen and oxygen atoms in total. The number of nitriles is 1. The summed E-state index contributed by atoms with van der Waals surface area (Å²) in [6, 6.07) is 19.4. The Balaban J connectivity index is 1.47. The van der Waals surface area contributed by atoms with E-state index in [0.29, 0.717) is 31.7 Å². The van der Waals surface area contributed by atoms with Crippen molar-refractivity contribution in [2.45, 2.75) is 6.42 Å². The first kappa shape index (κ1) is 16.8. The summed E-state index contributed by atoms with van der Waals surface area (Å²) in [6.45, 7) is 3.21. The van der Waals surface area contributed by atoms with Gasteiger partial charge in [-0.3, -0.25) is 4.79 Å². The fourth-order valence-corrected chi connectivity index (χ4v) is 2.97. The second-order valence-electron chi connectivity index (χ2n) is 5.91. The molecule has 2 aromatic rings. The largest absolute Gasteiger partial charge is 0.493 e. The predicted octanol–water partition coefficient (Wildman–Crippen LogP) is 2.68. The van der Waals surface area contributed by atoms with Gasteiger partial charge in [-0.15, -0.1) is 0 Å². The van der Waals surface area contributed by atoms with Gasteiger partial charge >= 0.3 is 0 Å². The van der Waals surface area contributed by atoms with Crippen LogP contribution in [0.15, 0.2) is 54.6 Å². The summed E-state index contributed by atoms with van der Waals surface area (Å²) in [6.07, 6.45) is 0.379. The first-order valence-electron chi connectivity index (χ1n) is 8.47. The molecule has 1 aliphatic heterocycles. The van der Waals surface area contributed by atoms with Gasteiger partial charge in [-0.25, -0.2) is 0 Å². The molecule has 0 atom stereocenters.